The molecule has 0 aromatic heterocycles. The van der Waals surface area contributed by atoms with Gasteiger partial charge in [0.2, 0.25) is 0 Å². The van der Waals surface area contributed by atoms with Crippen molar-refractivity contribution in [3.63, 3.8) is 0 Å². The van der Waals surface area contributed by atoms with Gasteiger partial charge in [-0.1, -0.05) is 11.8 Å². The molecule has 0 saturated heterocycles. The largest absolute Gasteiger partial charge is 0.366 e. The summed E-state index contributed by atoms with van der Waals surface area (Å²) in [6.45, 7) is 3.34. The van der Waals surface area contributed by atoms with Crippen molar-refractivity contribution in [1.29, 1.82) is 0 Å². The molecule has 0 saturated carbocycles. The van der Waals surface area contributed by atoms with Gasteiger partial charge in [-0.25, -0.2) is 0 Å². The Balaban J connectivity index is 0. The van der Waals surface area contributed by atoms with Crippen LogP contribution in [0.4, 0.5) is 0 Å². The zero-order valence-electron chi connectivity index (χ0n) is 4.01. The van der Waals surface area contributed by atoms with Crippen LogP contribution in [0.5, 0.6) is 0 Å². The second kappa shape index (κ2) is 3.26. The standard InChI is InChI=1S/C2H7OPS.Zn/c1-4(2,3)5;/h1-2H3,(H,3,5);. The summed E-state index contributed by atoms with van der Waals surface area (Å²) in [4.78, 5) is 8.45. The van der Waals surface area contributed by atoms with Gasteiger partial charge in [0.05, 0.1) is 6.26 Å². The SMILES string of the molecule is CP(C)(O)=S.[Zn]. The van der Waals surface area contributed by atoms with E-state index in [1.165, 1.54) is 0 Å². The number of rotatable bonds is 0. The van der Waals surface area contributed by atoms with Crippen LogP contribution in [0.1, 0.15) is 0 Å². The Labute approximate surface area is 56.0 Å². The Bertz CT molecular complexity index is 59.7. The van der Waals surface area contributed by atoms with Crippen LogP contribution in [0.25, 0.3) is 0 Å². The summed E-state index contributed by atoms with van der Waals surface area (Å²) in [5, 5.41) is 0. The smallest absolute Gasteiger partial charge is 0.0578 e. The van der Waals surface area contributed by atoms with Gasteiger partial charge in [-0.15, -0.1) is 0 Å². The Morgan fingerprint density at radius 2 is 1.50 bits per heavy atom. The molecule has 4 heteroatoms. The van der Waals surface area contributed by atoms with Crippen molar-refractivity contribution >= 4 is 18.1 Å². The van der Waals surface area contributed by atoms with Crippen LogP contribution >= 0.6 is 6.26 Å². The summed E-state index contributed by atoms with van der Waals surface area (Å²) in [6.07, 6.45) is -1.81. The fraction of sp³-hybridized carbons (Fsp3) is 1.00. The molecule has 0 atom stereocenters. The third-order valence-corrected chi connectivity index (χ3v) is 0. The molecule has 0 aliphatic rings. The van der Waals surface area contributed by atoms with E-state index in [-0.39, 0.29) is 19.5 Å². The maximum Gasteiger partial charge on any atom is 0.0578 e. The summed E-state index contributed by atoms with van der Waals surface area (Å²) < 4.78 is 0. The molecule has 0 fully saturated rings. The van der Waals surface area contributed by atoms with E-state index < -0.39 is 6.26 Å². The minimum atomic E-state index is -1.81. The first kappa shape index (κ1) is 10.3. The quantitative estimate of drug-likeness (QED) is 0.431. The molecule has 34 valence electrons. The summed E-state index contributed by atoms with van der Waals surface area (Å²) in [6, 6.07) is 0. The van der Waals surface area contributed by atoms with Crippen LogP contribution in [-0.4, -0.2) is 18.2 Å². The second-order valence-electron chi connectivity index (χ2n) is 1.29. The molecule has 0 heterocycles. The van der Waals surface area contributed by atoms with Crippen LogP contribution in [0.3, 0.4) is 0 Å². The molecule has 0 aliphatic carbocycles. The van der Waals surface area contributed by atoms with Gasteiger partial charge in [-0.2, -0.15) is 0 Å². The first-order valence-electron chi connectivity index (χ1n) is 1.28. The molecular formula is C2H7OPSZn. The van der Waals surface area contributed by atoms with Gasteiger partial charge in [-0.3, -0.25) is 0 Å². The van der Waals surface area contributed by atoms with Gasteiger partial charge in [0.15, 0.2) is 0 Å². The van der Waals surface area contributed by atoms with Crippen molar-refractivity contribution in [3.05, 3.63) is 0 Å². The van der Waals surface area contributed by atoms with E-state index in [4.69, 9.17) is 4.89 Å². The molecule has 0 spiro atoms. The van der Waals surface area contributed by atoms with Crippen LogP contribution < -0.4 is 0 Å². The maximum absolute atomic E-state index is 8.45. The average molecular weight is 176 g/mol. The molecule has 0 aromatic rings. The molecule has 0 bridgehead atoms. The molecule has 0 radical (unpaired) electrons. The summed E-state index contributed by atoms with van der Waals surface area (Å²) in [7, 11) is 0. The van der Waals surface area contributed by atoms with Gasteiger partial charge < -0.3 is 4.89 Å². The van der Waals surface area contributed by atoms with Crippen molar-refractivity contribution in [2.75, 3.05) is 13.3 Å². The predicted octanol–water partition coefficient (Wildman–Crippen LogP) is 0.630. The van der Waals surface area contributed by atoms with Crippen LogP contribution in [-0.2, 0) is 31.3 Å². The van der Waals surface area contributed by atoms with Crippen molar-refractivity contribution < 1.29 is 24.4 Å². The van der Waals surface area contributed by atoms with Gasteiger partial charge in [0.25, 0.3) is 0 Å². The van der Waals surface area contributed by atoms with E-state index in [1.54, 1.807) is 13.3 Å². The Hall–Kier alpha value is 1.23. The first-order valence-corrected chi connectivity index (χ1v) is 4.93. The monoisotopic (exact) mass is 174 g/mol. The normalized spacial score (nSPS) is 9.83. The number of hydrogen-bond donors (Lipinski definition) is 1. The van der Waals surface area contributed by atoms with Gasteiger partial charge >= 0.3 is 0 Å². The average Bonchev–Trinajstić information content (AvgIpc) is 0.722. The van der Waals surface area contributed by atoms with Crippen LogP contribution in [0.15, 0.2) is 0 Å². The van der Waals surface area contributed by atoms with Gasteiger partial charge in [0, 0.05) is 19.5 Å². The van der Waals surface area contributed by atoms with E-state index in [9.17, 15) is 0 Å². The van der Waals surface area contributed by atoms with E-state index >= 15 is 0 Å². The molecule has 0 aromatic carbocycles. The number of hydrogen-bond acceptors (Lipinski definition) is 1. The minimum absolute atomic E-state index is 0. The fourth-order valence-corrected chi connectivity index (χ4v) is 0. The van der Waals surface area contributed by atoms with Gasteiger partial charge in [-0.05, 0) is 13.3 Å². The molecule has 0 amide bonds. The third-order valence-electron chi connectivity index (χ3n) is 0. The van der Waals surface area contributed by atoms with Crippen molar-refractivity contribution in [2.24, 2.45) is 0 Å². The minimum Gasteiger partial charge on any atom is -0.366 e. The van der Waals surface area contributed by atoms with E-state index in [0.29, 0.717) is 0 Å². The molecule has 1 nitrogen and oxygen atoms in total. The van der Waals surface area contributed by atoms with Crippen molar-refractivity contribution in [2.45, 2.75) is 0 Å². The Morgan fingerprint density at radius 3 is 1.50 bits per heavy atom. The molecule has 0 unspecified atom stereocenters. The second-order valence-corrected chi connectivity index (χ2v) is 6.56. The molecule has 1 N–H and O–H groups in total. The summed E-state index contributed by atoms with van der Waals surface area (Å²) in [5.74, 6) is 0. The molecule has 6 heavy (non-hydrogen) atoms. The van der Waals surface area contributed by atoms with Crippen molar-refractivity contribution in [1.82, 2.24) is 0 Å². The Kier molecular flexibility index (Phi) is 5.58. The molecule has 0 aliphatic heterocycles. The maximum atomic E-state index is 8.45. The summed E-state index contributed by atoms with van der Waals surface area (Å²) in [5.41, 5.74) is 0. The molecule has 0 rings (SSSR count). The van der Waals surface area contributed by atoms with E-state index in [1.807, 2.05) is 0 Å². The van der Waals surface area contributed by atoms with Crippen LogP contribution in [0.2, 0.25) is 0 Å². The zero-order chi connectivity index (χ0) is 4.50. The third kappa shape index (κ3) is 61.7. The van der Waals surface area contributed by atoms with Crippen molar-refractivity contribution in [3.8, 4) is 0 Å². The van der Waals surface area contributed by atoms with E-state index in [0.717, 1.165) is 0 Å². The predicted molar refractivity (Wildman–Crippen MR) is 28.4 cm³/mol. The Morgan fingerprint density at radius 1 is 1.50 bits per heavy atom. The topological polar surface area (TPSA) is 20.2 Å². The van der Waals surface area contributed by atoms with Gasteiger partial charge in [0.1, 0.15) is 0 Å². The summed E-state index contributed by atoms with van der Waals surface area (Å²) >= 11 is 4.49. The van der Waals surface area contributed by atoms with E-state index in [2.05, 4.69) is 11.8 Å². The zero-order valence-corrected chi connectivity index (χ0v) is 8.69. The fourth-order valence-electron chi connectivity index (χ4n) is 0. The molecular weight excluding hydrogens is 168 g/mol. The van der Waals surface area contributed by atoms with Crippen LogP contribution in [0, 0.1) is 0 Å². The first-order chi connectivity index (χ1) is 2.00.